The molecule has 0 aliphatic carbocycles. The molecule has 1 aromatic carbocycles. The van der Waals surface area contributed by atoms with Gasteiger partial charge < -0.3 is 15.0 Å². The second kappa shape index (κ2) is 8.05. The zero-order valence-corrected chi connectivity index (χ0v) is 17.0. The molecule has 28 heavy (non-hydrogen) atoms. The van der Waals surface area contributed by atoms with Crippen molar-refractivity contribution in [3.63, 3.8) is 0 Å². The lowest BCUT2D eigenvalue weighted by Gasteiger charge is -2.43. The quantitative estimate of drug-likeness (QED) is 0.861. The molecule has 2 amide bonds. The van der Waals surface area contributed by atoms with Crippen molar-refractivity contribution >= 4 is 23.2 Å². The lowest BCUT2D eigenvalue weighted by molar-refractivity contribution is -0.138. The Morgan fingerprint density at radius 1 is 1.21 bits per heavy atom. The SMILES string of the molecule is CC(=O)N1CCC2(CC1)OCCc1sc(C(=O)NCCc3ccccc3)cc12. The van der Waals surface area contributed by atoms with Gasteiger partial charge in [0, 0.05) is 37.9 Å². The van der Waals surface area contributed by atoms with Crippen LogP contribution in [0.5, 0.6) is 0 Å². The smallest absolute Gasteiger partial charge is 0.261 e. The number of nitrogens with zero attached hydrogens (tertiary/aromatic N) is 1. The monoisotopic (exact) mass is 398 g/mol. The van der Waals surface area contributed by atoms with Gasteiger partial charge in [0.05, 0.1) is 17.1 Å². The Kier molecular flexibility index (Phi) is 5.51. The van der Waals surface area contributed by atoms with E-state index in [1.165, 1.54) is 16.0 Å². The second-order valence-electron chi connectivity index (χ2n) is 7.54. The van der Waals surface area contributed by atoms with Gasteiger partial charge in [-0.2, -0.15) is 0 Å². The summed E-state index contributed by atoms with van der Waals surface area (Å²) in [5, 5.41) is 3.05. The average molecular weight is 399 g/mol. The number of rotatable bonds is 4. The first-order chi connectivity index (χ1) is 13.6. The number of hydrogen-bond donors (Lipinski definition) is 1. The maximum Gasteiger partial charge on any atom is 0.261 e. The van der Waals surface area contributed by atoms with Gasteiger partial charge in [0.25, 0.3) is 5.91 Å². The zero-order valence-electron chi connectivity index (χ0n) is 16.2. The van der Waals surface area contributed by atoms with Crippen LogP contribution in [0.25, 0.3) is 0 Å². The van der Waals surface area contributed by atoms with Gasteiger partial charge in [-0.25, -0.2) is 0 Å². The van der Waals surface area contributed by atoms with E-state index in [4.69, 9.17) is 4.74 Å². The molecule has 5 nitrogen and oxygen atoms in total. The third kappa shape index (κ3) is 3.84. The summed E-state index contributed by atoms with van der Waals surface area (Å²) >= 11 is 1.59. The molecule has 1 aromatic heterocycles. The van der Waals surface area contributed by atoms with Gasteiger partial charge in [0.2, 0.25) is 5.91 Å². The highest BCUT2D eigenvalue weighted by Gasteiger charge is 2.42. The van der Waals surface area contributed by atoms with Crippen molar-refractivity contribution in [1.82, 2.24) is 10.2 Å². The van der Waals surface area contributed by atoms with E-state index in [1.54, 1.807) is 18.3 Å². The first-order valence-corrected chi connectivity index (χ1v) is 10.7. The number of likely N-dealkylation sites (tertiary alicyclic amines) is 1. The number of fused-ring (bicyclic) bond motifs is 2. The molecular formula is C22H26N2O3S. The van der Waals surface area contributed by atoms with E-state index in [0.29, 0.717) is 26.2 Å². The molecule has 0 bridgehead atoms. The number of nitrogens with one attached hydrogen (secondary N) is 1. The van der Waals surface area contributed by atoms with Crippen LogP contribution >= 0.6 is 11.3 Å². The molecule has 0 saturated carbocycles. The molecule has 1 N–H and O–H groups in total. The lowest BCUT2D eigenvalue weighted by atomic mass is 9.82. The van der Waals surface area contributed by atoms with E-state index in [1.807, 2.05) is 29.2 Å². The summed E-state index contributed by atoms with van der Waals surface area (Å²) < 4.78 is 6.23. The van der Waals surface area contributed by atoms with Crippen LogP contribution in [0.3, 0.4) is 0 Å². The van der Waals surface area contributed by atoms with Gasteiger partial charge in [-0.3, -0.25) is 9.59 Å². The molecule has 4 rings (SSSR count). The maximum absolute atomic E-state index is 12.7. The Balaban J connectivity index is 1.43. The highest BCUT2D eigenvalue weighted by Crippen LogP contribution is 2.44. The minimum atomic E-state index is -0.335. The summed E-state index contributed by atoms with van der Waals surface area (Å²) in [4.78, 5) is 28.2. The van der Waals surface area contributed by atoms with Gasteiger partial charge >= 0.3 is 0 Å². The van der Waals surface area contributed by atoms with Crippen molar-refractivity contribution in [3.05, 3.63) is 57.3 Å². The van der Waals surface area contributed by atoms with E-state index in [9.17, 15) is 9.59 Å². The van der Waals surface area contributed by atoms with Crippen molar-refractivity contribution in [2.24, 2.45) is 0 Å². The van der Waals surface area contributed by atoms with Gasteiger partial charge in [-0.15, -0.1) is 11.3 Å². The summed E-state index contributed by atoms with van der Waals surface area (Å²) in [6.45, 7) is 4.35. The van der Waals surface area contributed by atoms with Crippen LogP contribution in [0.15, 0.2) is 36.4 Å². The van der Waals surface area contributed by atoms with Crippen molar-refractivity contribution in [1.29, 1.82) is 0 Å². The van der Waals surface area contributed by atoms with E-state index in [0.717, 1.165) is 30.6 Å². The van der Waals surface area contributed by atoms with Crippen LogP contribution in [0.4, 0.5) is 0 Å². The van der Waals surface area contributed by atoms with E-state index < -0.39 is 0 Å². The van der Waals surface area contributed by atoms with Gasteiger partial charge in [-0.1, -0.05) is 30.3 Å². The molecule has 2 aliphatic rings. The molecule has 3 heterocycles. The molecule has 1 saturated heterocycles. The van der Waals surface area contributed by atoms with Crippen LogP contribution in [-0.2, 0) is 28.0 Å². The number of piperidine rings is 1. The van der Waals surface area contributed by atoms with Crippen LogP contribution in [-0.4, -0.2) is 43.0 Å². The van der Waals surface area contributed by atoms with Crippen molar-refractivity contribution < 1.29 is 14.3 Å². The number of hydrogen-bond acceptors (Lipinski definition) is 4. The molecule has 148 valence electrons. The van der Waals surface area contributed by atoms with Crippen LogP contribution in [0.1, 0.15) is 45.4 Å². The predicted octanol–water partition coefficient (Wildman–Crippen LogP) is 3.13. The van der Waals surface area contributed by atoms with Crippen LogP contribution in [0.2, 0.25) is 0 Å². The minimum absolute atomic E-state index is 0.00773. The number of amides is 2. The second-order valence-corrected chi connectivity index (χ2v) is 8.67. The van der Waals surface area contributed by atoms with Crippen molar-refractivity contribution in [2.45, 2.75) is 38.2 Å². The average Bonchev–Trinajstić information content (AvgIpc) is 3.15. The summed E-state index contributed by atoms with van der Waals surface area (Å²) in [5.41, 5.74) is 2.05. The Morgan fingerprint density at radius 2 is 1.96 bits per heavy atom. The molecule has 2 aliphatic heterocycles. The molecule has 6 heteroatoms. The third-order valence-electron chi connectivity index (χ3n) is 5.79. The fraction of sp³-hybridized carbons (Fsp3) is 0.455. The highest BCUT2D eigenvalue weighted by atomic mass is 32.1. The molecule has 0 atom stereocenters. The number of carbonyl (C=O) groups excluding carboxylic acids is 2. The molecule has 0 radical (unpaired) electrons. The number of ether oxygens (including phenoxy) is 1. The summed E-state index contributed by atoms with van der Waals surface area (Å²) in [6.07, 6.45) is 3.28. The number of benzene rings is 1. The predicted molar refractivity (Wildman–Crippen MR) is 110 cm³/mol. The Hall–Kier alpha value is -2.18. The van der Waals surface area contributed by atoms with Crippen LogP contribution in [0, 0.1) is 0 Å². The van der Waals surface area contributed by atoms with E-state index in [2.05, 4.69) is 17.4 Å². The topological polar surface area (TPSA) is 58.6 Å². The van der Waals surface area contributed by atoms with E-state index >= 15 is 0 Å². The molecule has 1 fully saturated rings. The van der Waals surface area contributed by atoms with Gasteiger partial charge in [0.15, 0.2) is 0 Å². The molecule has 2 aromatic rings. The van der Waals surface area contributed by atoms with Crippen molar-refractivity contribution in [3.8, 4) is 0 Å². The van der Waals surface area contributed by atoms with E-state index in [-0.39, 0.29) is 17.4 Å². The minimum Gasteiger partial charge on any atom is -0.370 e. The Labute approximate surface area is 169 Å². The summed E-state index contributed by atoms with van der Waals surface area (Å²) in [7, 11) is 0. The normalized spacial score (nSPS) is 18.0. The third-order valence-corrected chi connectivity index (χ3v) is 6.98. The largest absolute Gasteiger partial charge is 0.370 e. The fourth-order valence-electron chi connectivity index (χ4n) is 4.18. The molecular weight excluding hydrogens is 372 g/mol. The number of thiophene rings is 1. The fourth-order valence-corrected chi connectivity index (χ4v) is 5.32. The lowest BCUT2D eigenvalue weighted by Crippen LogP contribution is -2.47. The van der Waals surface area contributed by atoms with Gasteiger partial charge in [0.1, 0.15) is 0 Å². The molecule has 0 unspecified atom stereocenters. The van der Waals surface area contributed by atoms with Crippen molar-refractivity contribution in [2.75, 3.05) is 26.2 Å². The maximum atomic E-state index is 12.7. The van der Waals surface area contributed by atoms with Crippen LogP contribution < -0.4 is 5.32 Å². The number of carbonyl (C=O) groups is 2. The Morgan fingerprint density at radius 3 is 2.68 bits per heavy atom. The summed E-state index contributed by atoms with van der Waals surface area (Å²) in [6, 6.07) is 12.2. The standard InChI is InChI=1S/C22H26N2O3S/c1-16(25)24-12-9-22(10-13-24)18-15-20(28-19(18)8-14-27-22)21(26)23-11-7-17-5-3-2-4-6-17/h2-6,15H,7-14H2,1H3,(H,23,26). The Bertz CT molecular complexity index is 854. The summed E-state index contributed by atoms with van der Waals surface area (Å²) in [5.74, 6) is 0.112. The first kappa shape index (κ1) is 19.2. The zero-order chi connectivity index (χ0) is 19.6. The molecule has 1 spiro atoms. The van der Waals surface area contributed by atoms with Gasteiger partial charge in [-0.05, 0) is 36.5 Å². The first-order valence-electron chi connectivity index (χ1n) is 9.92. The highest BCUT2D eigenvalue weighted by molar-refractivity contribution is 7.14.